The summed E-state index contributed by atoms with van der Waals surface area (Å²) in [5.74, 6) is -0.00975. The van der Waals surface area contributed by atoms with Crippen LogP contribution in [0.3, 0.4) is 0 Å². The molecule has 1 unspecified atom stereocenters. The van der Waals surface area contributed by atoms with Crippen LogP contribution in [-0.2, 0) is 9.84 Å². The highest BCUT2D eigenvalue weighted by atomic mass is 32.2. The van der Waals surface area contributed by atoms with E-state index in [0.29, 0.717) is 5.17 Å². The fourth-order valence-electron chi connectivity index (χ4n) is 0.859. The molecule has 0 radical (unpaired) electrons. The second-order valence-electron chi connectivity index (χ2n) is 2.82. The van der Waals surface area contributed by atoms with Crippen LogP contribution in [0.15, 0.2) is 4.99 Å². The van der Waals surface area contributed by atoms with E-state index in [0.717, 1.165) is 6.26 Å². The highest BCUT2D eigenvalue weighted by Gasteiger charge is 2.09. The van der Waals surface area contributed by atoms with Gasteiger partial charge in [-0.3, -0.25) is 10.3 Å². The van der Waals surface area contributed by atoms with E-state index in [-0.39, 0.29) is 11.8 Å². The van der Waals surface area contributed by atoms with Crippen molar-refractivity contribution in [2.24, 2.45) is 4.99 Å². The van der Waals surface area contributed by atoms with Gasteiger partial charge in [0.25, 0.3) is 0 Å². The molecule has 0 saturated heterocycles. The van der Waals surface area contributed by atoms with Crippen LogP contribution in [0.25, 0.3) is 0 Å². The van der Waals surface area contributed by atoms with E-state index in [9.17, 15) is 8.42 Å². The highest BCUT2D eigenvalue weighted by Crippen LogP contribution is 2.01. The Balaban J connectivity index is 4.41. The first-order chi connectivity index (χ1) is 6.39. The van der Waals surface area contributed by atoms with E-state index in [1.807, 2.05) is 0 Å². The molecule has 1 atom stereocenters. The lowest BCUT2D eigenvalue weighted by Gasteiger charge is -2.06. The minimum absolute atomic E-state index is 0.00975. The number of amidine groups is 1. The summed E-state index contributed by atoms with van der Waals surface area (Å²) >= 11 is 1.27. The molecule has 0 saturated carbocycles. The molecule has 14 heavy (non-hydrogen) atoms. The fraction of sp³-hybridized carbons (Fsp3) is 0.714. The molecule has 0 aliphatic rings. The zero-order chi connectivity index (χ0) is 11.2. The van der Waals surface area contributed by atoms with E-state index in [1.165, 1.54) is 11.8 Å². The molecular weight excluding hydrogens is 222 g/mol. The average molecular weight is 235 g/mol. The van der Waals surface area contributed by atoms with Gasteiger partial charge in [-0.1, -0.05) is 11.8 Å². The number of sulfone groups is 1. The predicted octanol–water partition coefficient (Wildman–Crippen LogP) is 0.209. The molecule has 7 heteroatoms. The molecule has 0 aliphatic heterocycles. The van der Waals surface area contributed by atoms with Gasteiger partial charge in [0.15, 0.2) is 11.4 Å². The summed E-state index contributed by atoms with van der Waals surface area (Å²) in [6, 6.07) is -0.340. The van der Waals surface area contributed by atoms with Crippen molar-refractivity contribution in [2.45, 2.75) is 13.0 Å². The van der Waals surface area contributed by atoms with Crippen LogP contribution in [-0.4, -0.2) is 37.9 Å². The van der Waals surface area contributed by atoms with Crippen LogP contribution in [0.5, 0.6) is 0 Å². The summed E-state index contributed by atoms with van der Waals surface area (Å²) in [7, 11) is -3.02. The lowest BCUT2D eigenvalue weighted by molar-refractivity contribution is 0.596. The minimum atomic E-state index is -3.02. The molecule has 0 rings (SSSR count). The van der Waals surface area contributed by atoms with Crippen LogP contribution in [0.4, 0.5) is 0 Å². The van der Waals surface area contributed by atoms with Gasteiger partial charge in [0.05, 0.1) is 11.8 Å². The van der Waals surface area contributed by atoms with Crippen molar-refractivity contribution < 1.29 is 8.42 Å². The van der Waals surface area contributed by atoms with E-state index < -0.39 is 9.84 Å². The van der Waals surface area contributed by atoms with Crippen molar-refractivity contribution in [1.82, 2.24) is 5.32 Å². The van der Waals surface area contributed by atoms with Crippen molar-refractivity contribution in [1.29, 1.82) is 5.26 Å². The molecule has 0 aliphatic carbocycles. The van der Waals surface area contributed by atoms with E-state index >= 15 is 0 Å². The lowest BCUT2D eigenvalue weighted by atomic mass is 10.4. The zero-order valence-corrected chi connectivity index (χ0v) is 9.94. The maximum Gasteiger partial charge on any atom is 0.183 e. The Bertz CT molecular complexity index is 342. The standard InChI is InChI=1S/C7H13N3O2S2/c1-6(4-14(3,11)12)10-7(13-2)9-5-8/h6H,4H2,1-3H3,(H,9,10). The van der Waals surface area contributed by atoms with E-state index in [4.69, 9.17) is 5.26 Å². The Hall–Kier alpha value is -0.740. The number of hydrogen-bond acceptors (Lipinski definition) is 5. The predicted molar refractivity (Wildman–Crippen MR) is 58.9 cm³/mol. The summed E-state index contributed by atoms with van der Waals surface area (Å²) in [5.41, 5.74) is 0. The number of nitriles is 1. The Labute approximate surface area is 88.5 Å². The van der Waals surface area contributed by atoms with Crippen molar-refractivity contribution in [3.05, 3.63) is 0 Å². The summed E-state index contributed by atoms with van der Waals surface area (Å²) in [5, 5.41) is 11.1. The van der Waals surface area contributed by atoms with Gasteiger partial charge in [-0.05, 0) is 13.2 Å². The molecule has 5 nitrogen and oxygen atoms in total. The van der Waals surface area contributed by atoms with Crippen molar-refractivity contribution in [3.63, 3.8) is 0 Å². The number of thioether (sulfide) groups is 1. The number of hydrogen-bond donors (Lipinski definition) is 1. The van der Waals surface area contributed by atoms with Crippen LogP contribution in [0.1, 0.15) is 6.92 Å². The highest BCUT2D eigenvalue weighted by molar-refractivity contribution is 8.13. The zero-order valence-electron chi connectivity index (χ0n) is 8.31. The molecule has 0 fully saturated rings. The molecule has 1 N–H and O–H groups in total. The SMILES string of the molecule is CSC(=NC(C)CS(C)(=O)=O)NC#N. The van der Waals surface area contributed by atoms with Crippen LogP contribution in [0.2, 0.25) is 0 Å². The average Bonchev–Trinajstić information content (AvgIpc) is 2.00. The van der Waals surface area contributed by atoms with Crippen LogP contribution in [0, 0.1) is 11.5 Å². The van der Waals surface area contributed by atoms with Gasteiger partial charge in [0.2, 0.25) is 0 Å². The molecule has 0 spiro atoms. The van der Waals surface area contributed by atoms with Gasteiger partial charge >= 0.3 is 0 Å². The van der Waals surface area contributed by atoms with Gasteiger partial charge < -0.3 is 0 Å². The monoisotopic (exact) mass is 235 g/mol. The third-order valence-electron chi connectivity index (χ3n) is 1.24. The number of nitrogens with one attached hydrogen (secondary N) is 1. The molecule has 80 valence electrons. The van der Waals surface area contributed by atoms with Gasteiger partial charge in [-0.25, -0.2) is 8.42 Å². The Morgan fingerprint density at radius 3 is 2.64 bits per heavy atom. The molecule has 0 aromatic carbocycles. The van der Waals surface area contributed by atoms with Crippen molar-refractivity contribution in [2.75, 3.05) is 18.3 Å². The first-order valence-corrected chi connectivity index (χ1v) is 7.12. The molecule has 0 bridgehead atoms. The maximum absolute atomic E-state index is 10.9. The minimum Gasteiger partial charge on any atom is -0.272 e. The third-order valence-corrected chi connectivity index (χ3v) is 2.92. The normalized spacial score (nSPS) is 14.6. The summed E-state index contributed by atoms with van der Waals surface area (Å²) < 4.78 is 21.8. The van der Waals surface area contributed by atoms with Gasteiger partial charge in [-0.2, -0.15) is 5.26 Å². The van der Waals surface area contributed by atoms with Crippen molar-refractivity contribution >= 4 is 26.8 Å². The van der Waals surface area contributed by atoms with Gasteiger partial charge in [0.1, 0.15) is 9.84 Å². The van der Waals surface area contributed by atoms with Crippen LogP contribution >= 0.6 is 11.8 Å². The van der Waals surface area contributed by atoms with Crippen molar-refractivity contribution in [3.8, 4) is 6.19 Å². The molecule has 0 heterocycles. The van der Waals surface area contributed by atoms with Gasteiger partial charge in [-0.15, -0.1) is 0 Å². The Kier molecular flexibility index (Phi) is 5.57. The van der Waals surface area contributed by atoms with Gasteiger partial charge in [0, 0.05) is 6.26 Å². The smallest absolute Gasteiger partial charge is 0.183 e. The Morgan fingerprint density at radius 1 is 1.71 bits per heavy atom. The summed E-state index contributed by atoms with van der Waals surface area (Å²) in [6.07, 6.45) is 4.66. The number of aliphatic imine (C=N–C) groups is 1. The lowest BCUT2D eigenvalue weighted by Crippen LogP contribution is -2.21. The quantitative estimate of drug-likeness (QED) is 0.327. The van der Waals surface area contributed by atoms with E-state index in [2.05, 4.69) is 10.3 Å². The third kappa shape index (κ3) is 6.74. The Morgan fingerprint density at radius 2 is 2.29 bits per heavy atom. The first-order valence-electron chi connectivity index (χ1n) is 3.83. The topological polar surface area (TPSA) is 82.3 Å². The van der Waals surface area contributed by atoms with Crippen LogP contribution < -0.4 is 5.32 Å². The fourth-order valence-corrected chi connectivity index (χ4v) is 2.24. The summed E-state index contributed by atoms with van der Waals surface area (Å²) in [4.78, 5) is 4.04. The van der Waals surface area contributed by atoms with E-state index in [1.54, 1.807) is 19.4 Å². The molecule has 0 aromatic rings. The molecule has 0 aromatic heterocycles. The molecular formula is C7H13N3O2S2. The number of rotatable bonds is 3. The largest absolute Gasteiger partial charge is 0.272 e. The second kappa shape index (κ2) is 5.88. The maximum atomic E-state index is 10.9. The summed E-state index contributed by atoms with van der Waals surface area (Å²) in [6.45, 7) is 1.69. The first kappa shape index (κ1) is 13.3. The number of nitrogens with zero attached hydrogens (tertiary/aromatic N) is 2. The molecule has 0 amide bonds. The second-order valence-corrected chi connectivity index (χ2v) is 5.80.